The van der Waals surface area contributed by atoms with Crippen molar-refractivity contribution >= 4 is 0 Å². The van der Waals surface area contributed by atoms with E-state index in [4.69, 9.17) is 0 Å². The number of allylic oxidation sites excluding steroid dienone is 2. The molecule has 0 aromatic rings. The molecular formula is C13H22. The number of hydrogen-bond donors (Lipinski definition) is 0. The van der Waals surface area contributed by atoms with Crippen LogP contribution in [0.5, 0.6) is 0 Å². The molecule has 0 aliphatic heterocycles. The number of hydrogen-bond acceptors (Lipinski definition) is 0. The molecule has 0 heteroatoms. The Bertz CT molecular complexity index is 221. The Hall–Kier alpha value is -0.260. The first-order valence-electron chi connectivity index (χ1n) is 5.66. The van der Waals surface area contributed by atoms with Crippen molar-refractivity contribution in [2.75, 3.05) is 0 Å². The molecular weight excluding hydrogens is 156 g/mol. The third-order valence-corrected chi connectivity index (χ3v) is 4.78. The van der Waals surface area contributed by atoms with Gasteiger partial charge in [0, 0.05) is 0 Å². The van der Waals surface area contributed by atoms with E-state index in [-0.39, 0.29) is 0 Å². The largest absolute Gasteiger partial charge is 0.0811 e. The van der Waals surface area contributed by atoms with E-state index in [1.54, 1.807) is 5.57 Å². The summed E-state index contributed by atoms with van der Waals surface area (Å²) in [6.45, 7) is 9.63. The SMILES string of the molecule is CC1(C)C(C=C2CCCC2)C1(C)C. The maximum atomic E-state index is 2.59. The Morgan fingerprint density at radius 3 is 1.85 bits per heavy atom. The van der Waals surface area contributed by atoms with Gasteiger partial charge in [-0.25, -0.2) is 0 Å². The Morgan fingerprint density at radius 2 is 1.46 bits per heavy atom. The molecule has 0 N–H and O–H groups in total. The lowest BCUT2D eigenvalue weighted by molar-refractivity contribution is 0.457. The molecule has 2 fully saturated rings. The first kappa shape index (κ1) is 9.30. The highest BCUT2D eigenvalue weighted by Gasteiger charge is 2.63. The molecule has 0 spiro atoms. The normalized spacial score (nSPS) is 30.6. The predicted molar refractivity (Wildman–Crippen MR) is 57.6 cm³/mol. The summed E-state index contributed by atoms with van der Waals surface area (Å²) in [4.78, 5) is 0. The van der Waals surface area contributed by atoms with Crippen LogP contribution >= 0.6 is 0 Å². The Morgan fingerprint density at radius 1 is 1.00 bits per heavy atom. The summed E-state index contributed by atoms with van der Waals surface area (Å²) in [5, 5.41) is 0. The van der Waals surface area contributed by atoms with E-state index in [0.717, 1.165) is 5.92 Å². The first-order chi connectivity index (χ1) is 5.96. The van der Waals surface area contributed by atoms with Crippen LogP contribution in [0.25, 0.3) is 0 Å². The minimum absolute atomic E-state index is 0.544. The number of rotatable bonds is 1. The van der Waals surface area contributed by atoms with Gasteiger partial charge in [0.1, 0.15) is 0 Å². The highest BCUT2D eigenvalue weighted by atomic mass is 14.7. The molecule has 0 nitrogen and oxygen atoms in total. The topological polar surface area (TPSA) is 0 Å². The average molecular weight is 178 g/mol. The lowest BCUT2D eigenvalue weighted by Crippen LogP contribution is -1.95. The summed E-state index contributed by atoms with van der Waals surface area (Å²) in [7, 11) is 0. The zero-order valence-corrected chi connectivity index (χ0v) is 9.48. The fourth-order valence-electron chi connectivity index (χ4n) is 2.90. The molecule has 13 heavy (non-hydrogen) atoms. The quantitative estimate of drug-likeness (QED) is 0.529. The minimum atomic E-state index is 0.544. The average Bonchev–Trinajstić information content (AvgIpc) is 2.44. The van der Waals surface area contributed by atoms with E-state index >= 15 is 0 Å². The van der Waals surface area contributed by atoms with Gasteiger partial charge in [-0.1, -0.05) is 39.3 Å². The molecule has 2 aliphatic rings. The molecule has 2 rings (SSSR count). The molecule has 2 aliphatic carbocycles. The molecule has 0 atom stereocenters. The van der Waals surface area contributed by atoms with Crippen LogP contribution in [0.15, 0.2) is 11.6 Å². The summed E-state index contributed by atoms with van der Waals surface area (Å²) in [5.41, 5.74) is 2.83. The fraction of sp³-hybridized carbons (Fsp3) is 0.846. The van der Waals surface area contributed by atoms with E-state index in [0.29, 0.717) is 10.8 Å². The summed E-state index contributed by atoms with van der Waals surface area (Å²) >= 11 is 0. The third kappa shape index (κ3) is 1.26. The third-order valence-electron chi connectivity index (χ3n) is 4.78. The smallest absolute Gasteiger partial charge is 0.0117 e. The van der Waals surface area contributed by atoms with Crippen LogP contribution in [0.1, 0.15) is 53.4 Å². The van der Waals surface area contributed by atoms with Crippen LogP contribution in [-0.2, 0) is 0 Å². The highest BCUT2D eigenvalue weighted by molar-refractivity contribution is 5.24. The van der Waals surface area contributed by atoms with Gasteiger partial charge >= 0.3 is 0 Å². The highest BCUT2D eigenvalue weighted by Crippen LogP contribution is 2.69. The molecule has 0 bridgehead atoms. The molecule has 0 aromatic carbocycles. The van der Waals surface area contributed by atoms with Crippen molar-refractivity contribution in [3.8, 4) is 0 Å². The maximum Gasteiger partial charge on any atom is -0.0117 e. The van der Waals surface area contributed by atoms with Crippen LogP contribution in [0, 0.1) is 16.7 Å². The summed E-state index contributed by atoms with van der Waals surface area (Å²) in [6.07, 6.45) is 8.21. The fourth-order valence-corrected chi connectivity index (χ4v) is 2.90. The van der Waals surface area contributed by atoms with Crippen molar-refractivity contribution in [3.63, 3.8) is 0 Å². The van der Waals surface area contributed by atoms with Crippen LogP contribution in [0.4, 0.5) is 0 Å². The monoisotopic (exact) mass is 178 g/mol. The van der Waals surface area contributed by atoms with Crippen molar-refractivity contribution in [3.05, 3.63) is 11.6 Å². The summed E-state index contributed by atoms with van der Waals surface area (Å²) < 4.78 is 0. The summed E-state index contributed by atoms with van der Waals surface area (Å²) in [6, 6.07) is 0. The predicted octanol–water partition coefficient (Wildman–Crippen LogP) is 4.17. The molecule has 2 saturated carbocycles. The lowest BCUT2D eigenvalue weighted by atomic mass is 10.0. The van der Waals surface area contributed by atoms with E-state index in [2.05, 4.69) is 33.8 Å². The van der Waals surface area contributed by atoms with Crippen molar-refractivity contribution in [2.45, 2.75) is 53.4 Å². The molecule has 0 amide bonds. The van der Waals surface area contributed by atoms with Crippen molar-refractivity contribution in [2.24, 2.45) is 16.7 Å². The Balaban J connectivity index is 2.09. The minimum Gasteiger partial charge on any atom is -0.0811 e. The zero-order chi connectivity index (χ0) is 9.69. The van der Waals surface area contributed by atoms with E-state index < -0.39 is 0 Å². The zero-order valence-electron chi connectivity index (χ0n) is 9.48. The maximum absolute atomic E-state index is 2.59. The molecule has 74 valence electrons. The second-order valence-electron chi connectivity index (χ2n) is 5.95. The van der Waals surface area contributed by atoms with Gasteiger partial charge in [0.2, 0.25) is 0 Å². The van der Waals surface area contributed by atoms with Gasteiger partial charge in [-0.15, -0.1) is 0 Å². The van der Waals surface area contributed by atoms with Crippen LogP contribution in [0.3, 0.4) is 0 Å². The van der Waals surface area contributed by atoms with Crippen LogP contribution in [-0.4, -0.2) is 0 Å². The molecule has 0 unspecified atom stereocenters. The molecule has 0 saturated heterocycles. The molecule has 0 radical (unpaired) electrons. The second kappa shape index (κ2) is 2.62. The van der Waals surface area contributed by atoms with Crippen molar-refractivity contribution < 1.29 is 0 Å². The lowest BCUT2D eigenvalue weighted by Gasteiger charge is -2.03. The van der Waals surface area contributed by atoms with E-state index in [1.807, 2.05) is 0 Å². The van der Waals surface area contributed by atoms with Crippen LogP contribution in [0.2, 0.25) is 0 Å². The Kier molecular flexibility index (Phi) is 1.87. The van der Waals surface area contributed by atoms with Gasteiger partial charge in [-0.05, 0) is 42.4 Å². The van der Waals surface area contributed by atoms with E-state index in [1.165, 1.54) is 25.7 Å². The van der Waals surface area contributed by atoms with Gasteiger partial charge in [-0.2, -0.15) is 0 Å². The van der Waals surface area contributed by atoms with Gasteiger partial charge in [0.15, 0.2) is 0 Å². The molecule has 0 aromatic heterocycles. The second-order valence-corrected chi connectivity index (χ2v) is 5.95. The van der Waals surface area contributed by atoms with Crippen LogP contribution < -0.4 is 0 Å². The first-order valence-corrected chi connectivity index (χ1v) is 5.66. The van der Waals surface area contributed by atoms with Gasteiger partial charge in [0.25, 0.3) is 0 Å². The van der Waals surface area contributed by atoms with Gasteiger partial charge < -0.3 is 0 Å². The van der Waals surface area contributed by atoms with Crippen molar-refractivity contribution in [1.29, 1.82) is 0 Å². The van der Waals surface area contributed by atoms with E-state index in [9.17, 15) is 0 Å². The van der Waals surface area contributed by atoms with Crippen molar-refractivity contribution in [1.82, 2.24) is 0 Å². The standard InChI is InChI=1S/C13H22/c1-12(2)11(13(12,3)4)9-10-7-5-6-8-10/h9,11H,5-8H2,1-4H3. The Labute approximate surface area is 82.4 Å². The van der Waals surface area contributed by atoms with Gasteiger partial charge in [0.05, 0.1) is 0 Å². The summed E-state index contributed by atoms with van der Waals surface area (Å²) in [5.74, 6) is 0.841. The molecule has 0 heterocycles. The van der Waals surface area contributed by atoms with Gasteiger partial charge in [-0.3, -0.25) is 0 Å².